The number of fused-ring (bicyclic) bond motifs is 1. The molecule has 7 nitrogen and oxygen atoms in total. The van der Waals surface area contributed by atoms with Crippen LogP contribution in [0.3, 0.4) is 0 Å². The molecule has 3 aromatic rings. The number of halogens is 2. The molecule has 0 spiro atoms. The van der Waals surface area contributed by atoms with Gasteiger partial charge in [-0.2, -0.15) is 0 Å². The molecule has 0 saturated carbocycles. The van der Waals surface area contributed by atoms with Crippen LogP contribution in [0, 0.1) is 0 Å². The first-order valence-corrected chi connectivity index (χ1v) is 8.86. The van der Waals surface area contributed by atoms with E-state index in [1.807, 2.05) is 0 Å². The first kappa shape index (κ1) is 19.1. The highest BCUT2D eigenvalue weighted by Crippen LogP contribution is 2.24. The van der Waals surface area contributed by atoms with E-state index in [4.69, 9.17) is 27.9 Å². The third-order valence-corrected chi connectivity index (χ3v) is 4.68. The number of H-pyrrole nitrogens is 1. The summed E-state index contributed by atoms with van der Waals surface area (Å²) in [6.07, 6.45) is 1.87. The van der Waals surface area contributed by atoms with Crippen LogP contribution in [-0.2, 0) is 22.5 Å². The Labute approximate surface area is 163 Å². The van der Waals surface area contributed by atoms with Crippen LogP contribution in [-0.4, -0.2) is 27.1 Å². The molecule has 27 heavy (non-hydrogen) atoms. The molecule has 1 aromatic carbocycles. The molecular formula is C18H15Cl2N3O4. The third kappa shape index (κ3) is 4.04. The standard InChI is InChI=1S/C18H15Cl2N3O4/c1-2-27-14(24)9-23-17(25)15-11(5-6-21-16(15)22-18(23)26)7-10-3-4-12(19)13(20)8-10/h3-6,8H,2,7,9H2,1H3,(H,21,22,26). The monoisotopic (exact) mass is 407 g/mol. The lowest BCUT2D eigenvalue weighted by molar-refractivity contribution is -0.143. The van der Waals surface area contributed by atoms with Crippen molar-refractivity contribution in [3.8, 4) is 0 Å². The van der Waals surface area contributed by atoms with Crippen molar-refractivity contribution in [2.45, 2.75) is 19.9 Å². The number of carbonyl (C=O) groups excluding carboxylic acids is 1. The lowest BCUT2D eigenvalue weighted by Gasteiger charge is -2.09. The van der Waals surface area contributed by atoms with Gasteiger partial charge in [0, 0.05) is 6.20 Å². The van der Waals surface area contributed by atoms with Gasteiger partial charge in [-0.05, 0) is 42.7 Å². The highest BCUT2D eigenvalue weighted by molar-refractivity contribution is 6.42. The van der Waals surface area contributed by atoms with E-state index in [-0.39, 0.29) is 17.6 Å². The molecule has 0 aliphatic rings. The minimum Gasteiger partial charge on any atom is -0.465 e. The predicted octanol–water partition coefficient (Wildman–Crippen LogP) is 2.55. The first-order chi connectivity index (χ1) is 12.9. The zero-order valence-electron chi connectivity index (χ0n) is 14.3. The Hall–Kier alpha value is -2.64. The molecule has 2 aromatic heterocycles. The highest BCUT2D eigenvalue weighted by atomic mass is 35.5. The number of nitrogens with one attached hydrogen (secondary N) is 1. The zero-order chi connectivity index (χ0) is 19.6. The number of ether oxygens (including phenoxy) is 1. The van der Waals surface area contributed by atoms with Crippen LogP contribution in [0.5, 0.6) is 0 Å². The molecule has 0 fully saturated rings. The molecule has 2 heterocycles. The number of pyridine rings is 1. The Kier molecular flexibility index (Phi) is 5.62. The summed E-state index contributed by atoms with van der Waals surface area (Å²) in [6.45, 7) is 1.33. The molecule has 0 unspecified atom stereocenters. The number of benzene rings is 1. The van der Waals surface area contributed by atoms with Crippen LogP contribution >= 0.6 is 23.2 Å². The molecule has 140 valence electrons. The summed E-state index contributed by atoms with van der Waals surface area (Å²) in [4.78, 5) is 43.4. The van der Waals surface area contributed by atoms with Gasteiger partial charge in [0.15, 0.2) is 0 Å². The fourth-order valence-corrected chi connectivity index (χ4v) is 3.05. The van der Waals surface area contributed by atoms with Gasteiger partial charge in [0.05, 0.1) is 22.0 Å². The Morgan fingerprint density at radius 3 is 2.70 bits per heavy atom. The molecule has 0 saturated heterocycles. The number of aromatic nitrogens is 3. The summed E-state index contributed by atoms with van der Waals surface area (Å²) in [5.41, 5.74) is 0.295. The summed E-state index contributed by atoms with van der Waals surface area (Å²) in [5.74, 6) is -0.667. The van der Waals surface area contributed by atoms with Gasteiger partial charge in [0.25, 0.3) is 5.56 Å². The summed E-state index contributed by atoms with van der Waals surface area (Å²) in [7, 11) is 0. The van der Waals surface area contributed by atoms with Crippen molar-refractivity contribution >= 4 is 40.2 Å². The Morgan fingerprint density at radius 1 is 1.22 bits per heavy atom. The van der Waals surface area contributed by atoms with E-state index in [9.17, 15) is 14.4 Å². The van der Waals surface area contributed by atoms with Crippen LogP contribution < -0.4 is 11.2 Å². The maximum atomic E-state index is 12.9. The molecule has 0 radical (unpaired) electrons. The van der Waals surface area contributed by atoms with Crippen molar-refractivity contribution in [1.82, 2.24) is 14.5 Å². The SMILES string of the molecule is CCOC(=O)Cn1c(=O)[nH]c2nccc(Cc3ccc(Cl)c(Cl)c3)c2c1=O. The summed E-state index contributed by atoms with van der Waals surface area (Å²) < 4.78 is 5.63. The maximum Gasteiger partial charge on any atom is 0.330 e. The second-order valence-corrected chi connectivity index (χ2v) is 6.56. The fourth-order valence-electron chi connectivity index (χ4n) is 2.73. The topological polar surface area (TPSA) is 94.1 Å². The molecule has 9 heteroatoms. The minimum absolute atomic E-state index is 0.155. The van der Waals surface area contributed by atoms with Crippen molar-refractivity contribution in [2.75, 3.05) is 6.61 Å². The lowest BCUT2D eigenvalue weighted by Crippen LogP contribution is -2.38. The third-order valence-electron chi connectivity index (χ3n) is 3.94. The van der Waals surface area contributed by atoms with Crippen LogP contribution in [0.1, 0.15) is 18.1 Å². The quantitative estimate of drug-likeness (QED) is 0.655. The number of hydrogen-bond acceptors (Lipinski definition) is 5. The molecule has 0 aliphatic heterocycles. The average Bonchev–Trinajstić information content (AvgIpc) is 2.62. The van der Waals surface area contributed by atoms with E-state index in [0.717, 1.165) is 10.1 Å². The Morgan fingerprint density at radius 2 is 2.00 bits per heavy atom. The van der Waals surface area contributed by atoms with Crippen LogP contribution in [0.2, 0.25) is 10.0 Å². The molecule has 0 bridgehead atoms. The van der Waals surface area contributed by atoms with Crippen molar-refractivity contribution in [1.29, 1.82) is 0 Å². The smallest absolute Gasteiger partial charge is 0.330 e. The van der Waals surface area contributed by atoms with Gasteiger partial charge in [0.1, 0.15) is 12.2 Å². The molecule has 0 aliphatic carbocycles. The van der Waals surface area contributed by atoms with Gasteiger partial charge in [-0.15, -0.1) is 0 Å². The minimum atomic E-state index is -0.722. The second kappa shape index (κ2) is 7.94. The molecule has 0 amide bonds. The molecule has 3 rings (SSSR count). The number of aromatic amines is 1. The predicted molar refractivity (Wildman–Crippen MR) is 103 cm³/mol. The van der Waals surface area contributed by atoms with E-state index < -0.39 is 23.8 Å². The van der Waals surface area contributed by atoms with Crippen LogP contribution in [0.4, 0.5) is 0 Å². The van der Waals surface area contributed by atoms with E-state index >= 15 is 0 Å². The van der Waals surface area contributed by atoms with Crippen LogP contribution in [0.25, 0.3) is 11.0 Å². The summed E-state index contributed by atoms with van der Waals surface area (Å²) in [5, 5.41) is 1.06. The van der Waals surface area contributed by atoms with E-state index in [0.29, 0.717) is 22.0 Å². The van der Waals surface area contributed by atoms with Gasteiger partial charge < -0.3 is 4.74 Å². The summed E-state index contributed by atoms with van der Waals surface area (Å²) in [6, 6.07) is 6.85. The number of rotatable bonds is 5. The van der Waals surface area contributed by atoms with Gasteiger partial charge in [-0.25, -0.2) is 14.3 Å². The van der Waals surface area contributed by atoms with Crippen molar-refractivity contribution in [3.63, 3.8) is 0 Å². The molecule has 1 N–H and O–H groups in total. The van der Waals surface area contributed by atoms with E-state index in [2.05, 4.69) is 9.97 Å². The van der Waals surface area contributed by atoms with E-state index in [1.165, 1.54) is 6.20 Å². The van der Waals surface area contributed by atoms with Gasteiger partial charge >= 0.3 is 11.7 Å². The number of hydrogen-bond donors (Lipinski definition) is 1. The fraction of sp³-hybridized carbons (Fsp3) is 0.222. The molecular weight excluding hydrogens is 393 g/mol. The van der Waals surface area contributed by atoms with E-state index in [1.54, 1.807) is 31.2 Å². The Bertz CT molecular complexity index is 1140. The Balaban J connectivity index is 2.11. The lowest BCUT2D eigenvalue weighted by atomic mass is 10.0. The highest BCUT2D eigenvalue weighted by Gasteiger charge is 2.15. The second-order valence-electron chi connectivity index (χ2n) is 5.75. The molecule has 0 atom stereocenters. The number of carbonyl (C=O) groups is 1. The van der Waals surface area contributed by atoms with Crippen molar-refractivity contribution < 1.29 is 9.53 Å². The van der Waals surface area contributed by atoms with Gasteiger partial charge in [-0.3, -0.25) is 14.6 Å². The largest absolute Gasteiger partial charge is 0.465 e. The van der Waals surface area contributed by atoms with Crippen LogP contribution in [0.15, 0.2) is 40.1 Å². The van der Waals surface area contributed by atoms with Crippen molar-refractivity contribution in [3.05, 3.63) is 72.5 Å². The number of nitrogens with zero attached hydrogens (tertiary/aromatic N) is 2. The van der Waals surface area contributed by atoms with Gasteiger partial charge in [-0.1, -0.05) is 29.3 Å². The average molecular weight is 408 g/mol. The van der Waals surface area contributed by atoms with Gasteiger partial charge in [0.2, 0.25) is 0 Å². The zero-order valence-corrected chi connectivity index (χ0v) is 15.8. The normalized spacial score (nSPS) is 10.9. The summed E-state index contributed by atoms with van der Waals surface area (Å²) >= 11 is 12.0. The maximum absolute atomic E-state index is 12.9. The first-order valence-electron chi connectivity index (χ1n) is 8.11. The number of esters is 1. The van der Waals surface area contributed by atoms with Crippen molar-refractivity contribution in [2.24, 2.45) is 0 Å².